The van der Waals surface area contributed by atoms with Gasteiger partial charge in [-0.1, -0.05) is 12.1 Å². The first-order valence-electron chi connectivity index (χ1n) is 12.2. The lowest BCUT2D eigenvalue weighted by Gasteiger charge is -2.24. The molecule has 0 aliphatic carbocycles. The van der Waals surface area contributed by atoms with Crippen LogP contribution in [-0.4, -0.2) is 80.5 Å². The van der Waals surface area contributed by atoms with Gasteiger partial charge in [-0.05, 0) is 37.5 Å². The second kappa shape index (κ2) is 14.9. The Bertz CT molecular complexity index is 1130. The van der Waals surface area contributed by atoms with Crippen molar-refractivity contribution in [3.63, 3.8) is 0 Å². The summed E-state index contributed by atoms with van der Waals surface area (Å²) in [4.78, 5) is 60.7. The average Bonchev–Trinajstić information content (AvgIpc) is 3.39. The zero-order chi connectivity index (χ0) is 28.9. The normalized spacial score (nSPS) is 13.8. The monoisotopic (exact) mass is 545 g/mol. The van der Waals surface area contributed by atoms with Crippen molar-refractivity contribution in [2.24, 2.45) is 22.2 Å². The first kappa shape index (κ1) is 30.6. The summed E-state index contributed by atoms with van der Waals surface area (Å²) >= 11 is 0. The number of carbonyl (C=O) groups excluding carboxylic acids is 3. The van der Waals surface area contributed by atoms with Gasteiger partial charge in [-0.2, -0.15) is 0 Å². The van der Waals surface area contributed by atoms with Crippen LogP contribution in [0.2, 0.25) is 0 Å². The third kappa shape index (κ3) is 10.7. The number of aromatic amines is 1. The quantitative estimate of drug-likeness (QED) is 0.0664. The fourth-order valence-electron chi connectivity index (χ4n) is 3.52. The molecule has 0 saturated heterocycles. The summed E-state index contributed by atoms with van der Waals surface area (Å²) in [6, 6.07) is 1.42. The third-order valence-electron chi connectivity index (χ3n) is 5.65. The molecular weight excluding hydrogens is 510 g/mol. The minimum atomic E-state index is -1.31. The van der Waals surface area contributed by atoms with Gasteiger partial charge < -0.3 is 48.3 Å². The molecule has 0 radical (unpaired) electrons. The van der Waals surface area contributed by atoms with Crippen LogP contribution >= 0.6 is 0 Å². The van der Waals surface area contributed by atoms with Crippen molar-refractivity contribution < 1.29 is 29.4 Å². The van der Waals surface area contributed by atoms with Gasteiger partial charge in [0.05, 0.1) is 12.4 Å². The Balaban J connectivity index is 2.05. The van der Waals surface area contributed by atoms with Gasteiger partial charge in [0.25, 0.3) is 0 Å². The second-order valence-electron chi connectivity index (χ2n) is 8.90. The molecule has 15 nitrogen and oxygen atoms in total. The maximum atomic E-state index is 13.1. The smallest absolute Gasteiger partial charge is 0.326 e. The highest BCUT2D eigenvalue weighted by Gasteiger charge is 2.29. The topological polar surface area (TPSA) is 264 Å². The number of hydrogen-bond acceptors (Lipinski definition) is 8. The number of aliphatic carboxylic acids is 1. The molecule has 212 valence electrons. The number of carbonyl (C=O) groups is 4. The molecule has 3 amide bonds. The van der Waals surface area contributed by atoms with Crippen LogP contribution in [-0.2, 0) is 32.0 Å². The molecule has 15 heteroatoms. The molecule has 0 aliphatic rings. The molecule has 1 aromatic carbocycles. The van der Waals surface area contributed by atoms with Crippen molar-refractivity contribution >= 4 is 29.7 Å². The molecular formula is C24H35N9O6. The summed E-state index contributed by atoms with van der Waals surface area (Å²) in [6.07, 6.45) is 3.47. The summed E-state index contributed by atoms with van der Waals surface area (Å²) < 4.78 is 0. The lowest BCUT2D eigenvalue weighted by Crippen LogP contribution is -2.56. The number of phenols is 1. The highest BCUT2D eigenvalue weighted by molar-refractivity contribution is 5.94. The Labute approximate surface area is 224 Å². The van der Waals surface area contributed by atoms with Gasteiger partial charge >= 0.3 is 5.97 Å². The van der Waals surface area contributed by atoms with Crippen LogP contribution in [0.5, 0.6) is 5.75 Å². The predicted molar refractivity (Wildman–Crippen MR) is 141 cm³/mol. The maximum absolute atomic E-state index is 13.1. The number of imidazole rings is 1. The van der Waals surface area contributed by atoms with Gasteiger partial charge in [0.1, 0.15) is 23.9 Å². The lowest BCUT2D eigenvalue weighted by atomic mass is 10.0. The molecule has 0 bridgehead atoms. The molecule has 2 rings (SSSR count). The third-order valence-corrected chi connectivity index (χ3v) is 5.65. The number of rotatable bonds is 15. The Morgan fingerprint density at radius 3 is 2.26 bits per heavy atom. The molecule has 0 saturated carbocycles. The molecule has 4 unspecified atom stereocenters. The number of aliphatic imine (C=N–C) groups is 1. The van der Waals surface area contributed by atoms with Gasteiger partial charge in [-0.3, -0.25) is 19.4 Å². The summed E-state index contributed by atoms with van der Waals surface area (Å²) in [5, 5.41) is 26.6. The zero-order valence-corrected chi connectivity index (χ0v) is 21.5. The molecule has 0 aliphatic heterocycles. The molecule has 12 N–H and O–H groups in total. The maximum Gasteiger partial charge on any atom is 0.326 e. The molecule has 0 spiro atoms. The molecule has 1 heterocycles. The fourth-order valence-corrected chi connectivity index (χ4v) is 3.52. The zero-order valence-electron chi connectivity index (χ0n) is 21.5. The van der Waals surface area contributed by atoms with Crippen LogP contribution < -0.4 is 33.2 Å². The highest BCUT2D eigenvalue weighted by Crippen LogP contribution is 2.12. The number of aromatic nitrogens is 2. The van der Waals surface area contributed by atoms with E-state index in [-0.39, 0.29) is 37.5 Å². The Kier molecular flexibility index (Phi) is 11.7. The number of phenolic OH excluding ortho intramolecular Hbond substituents is 1. The highest BCUT2D eigenvalue weighted by atomic mass is 16.4. The van der Waals surface area contributed by atoms with E-state index in [2.05, 4.69) is 30.9 Å². The van der Waals surface area contributed by atoms with Crippen LogP contribution in [0.3, 0.4) is 0 Å². The number of carboxylic acids is 1. The Morgan fingerprint density at radius 2 is 1.67 bits per heavy atom. The van der Waals surface area contributed by atoms with Gasteiger partial charge in [-0.25, -0.2) is 9.78 Å². The molecule has 0 fully saturated rings. The number of nitrogens with two attached hydrogens (primary N) is 3. The summed E-state index contributed by atoms with van der Waals surface area (Å²) in [5.41, 5.74) is 17.8. The van der Waals surface area contributed by atoms with E-state index < -0.39 is 47.9 Å². The number of H-pyrrole nitrogens is 1. The number of guanidine groups is 1. The van der Waals surface area contributed by atoms with Crippen LogP contribution in [0.1, 0.15) is 31.0 Å². The fraction of sp³-hybridized carbons (Fsp3) is 0.417. The summed E-state index contributed by atoms with van der Waals surface area (Å²) in [5.74, 6) is -3.41. The van der Waals surface area contributed by atoms with Crippen molar-refractivity contribution in [1.82, 2.24) is 25.9 Å². The number of benzene rings is 1. The predicted octanol–water partition coefficient (Wildman–Crippen LogP) is -2.16. The molecule has 1 aromatic heterocycles. The molecule has 4 atom stereocenters. The second-order valence-corrected chi connectivity index (χ2v) is 8.90. The Morgan fingerprint density at radius 1 is 1.00 bits per heavy atom. The van der Waals surface area contributed by atoms with E-state index in [0.29, 0.717) is 17.7 Å². The number of aromatic hydroxyl groups is 1. The van der Waals surface area contributed by atoms with E-state index in [9.17, 15) is 29.4 Å². The van der Waals surface area contributed by atoms with Crippen molar-refractivity contribution in [3.8, 4) is 5.75 Å². The SMILES string of the molecule is CC(NC(=O)C(N)Cc1cnc[nH]1)C(=O)NC(CCCN=C(N)N)C(=O)NC(Cc1ccc(O)cc1)C(=O)O. The van der Waals surface area contributed by atoms with E-state index >= 15 is 0 Å². The van der Waals surface area contributed by atoms with Crippen LogP contribution in [0, 0.1) is 0 Å². The van der Waals surface area contributed by atoms with Gasteiger partial charge in [-0.15, -0.1) is 0 Å². The first-order valence-corrected chi connectivity index (χ1v) is 12.2. The first-order chi connectivity index (χ1) is 18.5. The van der Waals surface area contributed by atoms with Gasteiger partial charge in [0, 0.05) is 31.3 Å². The van der Waals surface area contributed by atoms with E-state index in [0.717, 1.165) is 0 Å². The van der Waals surface area contributed by atoms with Gasteiger partial charge in [0.2, 0.25) is 17.7 Å². The average molecular weight is 546 g/mol. The minimum Gasteiger partial charge on any atom is -0.508 e. The van der Waals surface area contributed by atoms with E-state index in [1.54, 1.807) is 0 Å². The van der Waals surface area contributed by atoms with E-state index in [1.807, 2.05) is 0 Å². The van der Waals surface area contributed by atoms with Crippen molar-refractivity contribution in [2.75, 3.05) is 6.54 Å². The number of nitrogens with zero attached hydrogens (tertiary/aromatic N) is 2. The van der Waals surface area contributed by atoms with E-state index in [4.69, 9.17) is 17.2 Å². The summed E-state index contributed by atoms with van der Waals surface area (Å²) in [6.45, 7) is 1.60. The molecule has 39 heavy (non-hydrogen) atoms. The van der Waals surface area contributed by atoms with Crippen LogP contribution in [0.4, 0.5) is 0 Å². The standard InChI is InChI=1S/C24H35N9O6/c1-13(31-21(36)17(25)10-15-11-28-12-30-15)20(35)32-18(3-2-8-29-24(26)27)22(37)33-19(23(38)39)9-14-4-6-16(34)7-5-14/h4-7,11-13,17-19,34H,2-3,8-10,25H2,1H3,(H,28,30)(H,31,36)(H,32,35)(H,33,37)(H,38,39)(H4,26,27,29). The van der Waals surface area contributed by atoms with E-state index in [1.165, 1.54) is 43.7 Å². The minimum absolute atomic E-state index is 0.0155. The number of nitrogens with one attached hydrogen (secondary N) is 4. The summed E-state index contributed by atoms with van der Waals surface area (Å²) in [7, 11) is 0. The van der Waals surface area contributed by atoms with Crippen LogP contribution in [0.15, 0.2) is 41.8 Å². The number of amides is 3. The lowest BCUT2D eigenvalue weighted by molar-refractivity contribution is -0.142. The number of hydrogen-bond donors (Lipinski definition) is 9. The van der Waals surface area contributed by atoms with Crippen molar-refractivity contribution in [3.05, 3.63) is 48.0 Å². The van der Waals surface area contributed by atoms with Gasteiger partial charge in [0.15, 0.2) is 5.96 Å². The number of carboxylic acid groups (broad SMARTS) is 1. The largest absolute Gasteiger partial charge is 0.508 e. The van der Waals surface area contributed by atoms with Crippen LogP contribution in [0.25, 0.3) is 0 Å². The Hall–Kier alpha value is -4.66. The van der Waals surface area contributed by atoms with Crippen molar-refractivity contribution in [2.45, 2.75) is 56.8 Å². The van der Waals surface area contributed by atoms with Crippen molar-refractivity contribution in [1.29, 1.82) is 0 Å². The molecule has 2 aromatic rings.